The summed E-state index contributed by atoms with van der Waals surface area (Å²) in [5.41, 5.74) is 0. The minimum Gasteiger partial charge on any atom is -0.304 e. The third-order valence-corrected chi connectivity index (χ3v) is 6.18. The predicted octanol–water partition coefficient (Wildman–Crippen LogP) is 3.37. The van der Waals surface area contributed by atoms with Crippen molar-refractivity contribution >= 4 is 0 Å². The molecule has 2 atom stereocenters. The Bertz CT molecular complexity index is 269. The molecule has 0 amide bonds. The summed E-state index contributed by atoms with van der Waals surface area (Å²) in [5, 5.41) is 0. The van der Waals surface area contributed by atoms with Crippen LogP contribution in [-0.2, 0) is 0 Å². The summed E-state index contributed by atoms with van der Waals surface area (Å²) in [6.45, 7) is 10.1. The van der Waals surface area contributed by atoms with Crippen molar-refractivity contribution in [1.82, 2.24) is 9.80 Å². The molecule has 3 heterocycles. The van der Waals surface area contributed by atoms with Gasteiger partial charge in [0.2, 0.25) is 0 Å². The van der Waals surface area contributed by atoms with Crippen molar-refractivity contribution < 1.29 is 0 Å². The second kappa shape index (κ2) is 6.13. The third kappa shape index (κ3) is 3.00. The van der Waals surface area contributed by atoms with E-state index in [-0.39, 0.29) is 0 Å². The Kier molecular flexibility index (Phi) is 4.48. The zero-order valence-corrected chi connectivity index (χ0v) is 13.0. The van der Waals surface area contributed by atoms with Crippen molar-refractivity contribution in [2.75, 3.05) is 26.2 Å². The third-order valence-electron chi connectivity index (χ3n) is 6.18. The first-order chi connectivity index (χ1) is 9.30. The fourth-order valence-corrected chi connectivity index (χ4v) is 4.80. The van der Waals surface area contributed by atoms with E-state index in [9.17, 15) is 0 Å². The highest BCUT2D eigenvalue weighted by atomic mass is 15.2. The van der Waals surface area contributed by atoms with E-state index in [0.29, 0.717) is 0 Å². The van der Waals surface area contributed by atoms with Crippen LogP contribution >= 0.6 is 0 Å². The van der Waals surface area contributed by atoms with Gasteiger partial charge in [-0.3, -0.25) is 4.90 Å². The summed E-state index contributed by atoms with van der Waals surface area (Å²) < 4.78 is 0. The monoisotopic (exact) mass is 264 g/mol. The van der Waals surface area contributed by atoms with Crippen molar-refractivity contribution in [2.24, 2.45) is 11.8 Å². The normalized spacial score (nSPS) is 37.9. The molecule has 0 saturated carbocycles. The highest BCUT2D eigenvalue weighted by Gasteiger charge is 2.40. The first-order valence-corrected chi connectivity index (χ1v) is 8.78. The molecule has 2 heteroatoms. The SMILES string of the molecule is CCC1CC2CCC(C1)N2CC1CCN(CC)CC1. The van der Waals surface area contributed by atoms with E-state index in [1.54, 1.807) is 0 Å². The van der Waals surface area contributed by atoms with Crippen LogP contribution in [0.1, 0.15) is 58.8 Å². The summed E-state index contributed by atoms with van der Waals surface area (Å²) in [6, 6.07) is 1.90. The molecule has 0 aliphatic carbocycles. The molecule has 0 aromatic heterocycles. The van der Waals surface area contributed by atoms with Gasteiger partial charge in [0, 0.05) is 18.6 Å². The van der Waals surface area contributed by atoms with E-state index in [4.69, 9.17) is 0 Å². The average molecular weight is 264 g/mol. The van der Waals surface area contributed by atoms with Crippen LogP contribution in [0.4, 0.5) is 0 Å². The van der Waals surface area contributed by atoms with Crippen LogP contribution in [0.3, 0.4) is 0 Å². The van der Waals surface area contributed by atoms with Crippen molar-refractivity contribution in [2.45, 2.75) is 70.9 Å². The van der Waals surface area contributed by atoms with Crippen molar-refractivity contribution in [3.8, 4) is 0 Å². The van der Waals surface area contributed by atoms with Gasteiger partial charge >= 0.3 is 0 Å². The van der Waals surface area contributed by atoms with E-state index < -0.39 is 0 Å². The van der Waals surface area contributed by atoms with E-state index in [2.05, 4.69) is 23.6 Å². The molecule has 2 bridgehead atoms. The molecule has 3 saturated heterocycles. The van der Waals surface area contributed by atoms with E-state index >= 15 is 0 Å². The lowest BCUT2D eigenvalue weighted by Crippen LogP contribution is -2.47. The van der Waals surface area contributed by atoms with Crippen LogP contribution < -0.4 is 0 Å². The summed E-state index contributed by atoms with van der Waals surface area (Å²) >= 11 is 0. The van der Waals surface area contributed by atoms with E-state index in [0.717, 1.165) is 23.9 Å². The van der Waals surface area contributed by atoms with Gasteiger partial charge in [0.15, 0.2) is 0 Å². The molecule has 0 spiro atoms. The second-order valence-corrected chi connectivity index (χ2v) is 7.21. The molecule has 0 aromatic carbocycles. The van der Waals surface area contributed by atoms with Gasteiger partial charge in [0.25, 0.3) is 0 Å². The molecular weight excluding hydrogens is 232 g/mol. The summed E-state index contributed by atoms with van der Waals surface area (Å²) in [6.07, 6.45) is 10.3. The first kappa shape index (κ1) is 13.9. The highest BCUT2D eigenvalue weighted by Crippen LogP contribution is 2.40. The quantitative estimate of drug-likeness (QED) is 0.768. The standard InChI is InChI=1S/C17H32N2/c1-3-14-11-16-5-6-17(12-14)19(16)13-15-7-9-18(4-2)10-8-15/h14-17H,3-13H2,1-2H3. The van der Waals surface area contributed by atoms with Gasteiger partial charge in [-0.05, 0) is 70.0 Å². The first-order valence-electron chi connectivity index (χ1n) is 8.78. The maximum absolute atomic E-state index is 2.93. The Hall–Kier alpha value is -0.0800. The van der Waals surface area contributed by atoms with Gasteiger partial charge in [0.05, 0.1) is 0 Å². The number of piperidine rings is 2. The fraction of sp³-hybridized carbons (Fsp3) is 1.00. The molecule has 3 fully saturated rings. The number of hydrogen-bond acceptors (Lipinski definition) is 2. The lowest BCUT2D eigenvalue weighted by Gasteiger charge is -2.42. The van der Waals surface area contributed by atoms with Gasteiger partial charge in [-0.1, -0.05) is 20.3 Å². The number of likely N-dealkylation sites (tertiary alicyclic amines) is 1. The number of hydrogen-bond donors (Lipinski definition) is 0. The molecule has 2 unspecified atom stereocenters. The maximum atomic E-state index is 2.93. The number of nitrogens with zero attached hydrogens (tertiary/aromatic N) is 2. The molecule has 0 aromatic rings. The molecule has 0 radical (unpaired) electrons. The Morgan fingerprint density at radius 2 is 1.47 bits per heavy atom. The average Bonchev–Trinajstić information content (AvgIpc) is 2.70. The predicted molar refractivity (Wildman–Crippen MR) is 81.4 cm³/mol. The zero-order chi connectivity index (χ0) is 13.2. The van der Waals surface area contributed by atoms with Gasteiger partial charge < -0.3 is 4.90 Å². The van der Waals surface area contributed by atoms with Crippen molar-refractivity contribution in [3.63, 3.8) is 0 Å². The van der Waals surface area contributed by atoms with Gasteiger partial charge in [-0.2, -0.15) is 0 Å². The summed E-state index contributed by atoms with van der Waals surface area (Å²) in [4.78, 5) is 5.55. The highest BCUT2D eigenvalue weighted by molar-refractivity contribution is 4.95. The second-order valence-electron chi connectivity index (χ2n) is 7.21. The van der Waals surface area contributed by atoms with Gasteiger partial charge in [-0.15, -0.1) is 0 Å². The molecule has 19 heavy (non-hydrogen) atoms. The maximum Gasteiger partial charge on any atom is 0.0101 e. The lowest BCUT2D eigenvalue weighted by atomic mass is 9.87. The lowest BCUT2D eigenvalue weighted by molar-refractivity contribution is 0.0665. The number of fused-ring (bicyclic) bond motifs is 2. The molecule has 3 rings (SSSR count). The topological polar surface area (TPSA) is 6.48 Å². The fourth-order valence-electron chi connectivity index (χ4n) is 4.80. The summed E-state index contributed by atoms with van der Waals surface area (Å²) in [5.74, 6) is 2.03. The Morgan fingerprint density at radius 1 is 0.842 bits per heavy atom. The van der Waals surface area contributed by atoms with Crippen molar-refractivity contribution in [3.05, 3.63) is 0 Å². The van der Waals surface area contributed by atoms with Gasteiger partial charge in [0.1, 0.15) is 0 Å². The Morgan fingerprint density at radius 3 is 2.00 bits per heavy atom. The van der Waals surface area contributed by atoms with Crippen LogP contribution in [0.2, 0.25) is 0 Å². The van der Waals surface area contributed by atoms with E-state index in [1.165, 1.54) is 71.1 Å². The Labute approximate surface area is 119 Å². The van der Waals surface area contributed by atoms with Crippen LogP contribution in [0.5, 0.6) is 0 Å². The minimum atomic E-state index is 0.952. The molecule has 0 N–H and O–H groups in total. The minimum absolute atomic E-state index is 0.952. The van der Waals surface area contributed by atoms with Crippen LogP contribution in [0.25, 0.3) is 0 Å². The molecule has 110 valence electrons. The molecule has 2 nitrogen and oxygen atoms in total. The van der Waals surface area contributed by atoms with Crippen LogP contribution in [-0.4, -0.2) is 48.1 Å². The Balaban J connectivity index is 1.51. The molecule has 3 aliphatic rings. The smallest absolute Gasteiger partial charge is 0.0101 e. The van der Waals surface area contributed by atoms with E-state index in [1.807, 2.05) is 0 Å². The molecule has 3 aliphatic heterocycles. The number of rotatable bonds is 4. The summed E-state index contributed by atoms with van der Waals surface area (Å²) in [7, 11) is 0. The zero-order valence-electron chi connectivity index (χ0n) is 13.0. The largest absolute Gasteiger partial charge is 0.304 e. The van der Waals surface area contributed by atoms with Crippen LogP contribution in [0.15, 0.2) is 0 Å². The van der Waals surface area contributed by atoms with Crippen molar-refractivity contribution in [1.29, 1.82) is 0 Å². The molecular formula is C17H32N2. The van der Waals surface area contributed by atoms with Gasteiger partial charge in [-0.25, -0.2) is 0 Å². The van der Waals surface area contributed by atoms with Crippen LogP contribution in [0, 0.1) is 11.8 Å².